The number of carbonyl (C=O) groups excluding carboxylic acids is 2. The van der Waals surface area contributed by atoms with E-state index in [0.717, 1.165) is 30.6 Å². The highest BCUT2D eigenvalue weighted by atomic mass is 35.5. The minimum atomic E-state index is -0.0436. The second kappa shape index (κ2) is 9.35. The zero-order valence-corrected chi connectivity index (χ0v) is 14.9. The monoisotopic (exact) mass is 358 g/mol. The number of nitrogens with one attached hydrogen (secondary N) is 2. The summed E-state index contributed by atoms with van der Waals surface area (Å²) in [5, 5.41) is 6.17. The summed E-state index contributed by atoms with van der Waals surface area (Å²) >= 11 is 0. The van der Waals surface area contributed by atoms with Crippen molar-refractivity contribution in [3.63, 3.8) is 0 Å². The maximum atomic E-state index is 12.2. The summed E-state index contributed by atoms with van der Waals surface area (Å²) in [4.78, 5) is 24.1. The topological polar surface area (TPSA) is 58.2 Å². The van der Waals surface area contributed by atoms with Crippen molar-refractivity contribution in [3.8, 4) is 11.1 Å². The number of hydrogen-bond donors (Lipinski definition) is 2. The van der Waals surface area contributed by atoms with Crippen LogP contribution in [0.25, 0.3) is 11.1 Å². The Balaban J connectivity index is 0.00000225. The van der Waals surface area contributed by atoms with Crippen molar-refractivity contribution < 1.29 is 9.59 Å². The van der Waals surface area contributed by atoms with Crippen LogP contribution in [-0.2, 0) is 4.79 Å². The zero-order chi connectivity index (χ0) is 16.8. The highest BCUT2D eigenvalue weighted by molar-refractivity contribution is 5.98. The standard InChI is InChI=1S/C20H22N2O2.ClH/c23-19(10-11-20(24)22-18-12-13-21-14-18)17-8-6-16(7-9-17)15-4-2-1-3-5-15;/h1-9,18,21H,10-14H2,(H,22,24);1H. The smallest absolute Gasteiger partial charge is 0.220 e. The molecule has 132 valence electrons. The second-order valence-corrected chi connectivity index (χ2v) is 6.12. The van der Waals surface area contributed by atoms with Crippen molar-refractivity contribution in [2.45, 2.75) is 25.3 Å². The lowest BCUT2D eigenvalue weighted by molar-refractivity contribution is -0.121. The molecule has 1 aliphatic rings. The maximum Gasteiger partial charge on any atom is 0.220 e. The lowest BCUT2D eigenvalue weighted by Gasteiger charge is -2.10. The molecular weight excluding hydrogens is 336 g/mol. The molecule has 5 heteroatoms. The Kier molecular flexibility index (Phi) is 7.16. The Bertz CT molecular complexity index is 695. The molecule has 1 saturated heterocycles. The number of rotatable bonds is 6. The van der Waals surface area contributed by atoms with E-state index in [1.54, 1.807) is 0 Å². The SMILES string of the molecule is Cl.O=C(CCC(=O)c1ccc(-c2ccccc2)cc1)NC1CCNC1. The first-order valence-electron chi connectivity index (χ1n) is 8.41. The predicted octanol–water partition coefficient (Wildman–Crippen LogP) is 3.22. The first-order chi connectivity index (χ1) is 11.7. The van der Waals surface area contributed by atoms with E-state index < -0.39 is 0 Å². The van der Waals surface area contributed by atoms with Crippen LogP contribution in [0, 0.1) is 0 Å². The van der Waals surface area contributed by atoms with E-state index in [2.05, 4.69) is 10.6 Å². The van der Waals surface area contributed by atoms with Gasteiger partial charge in [0.2, 0.25) is 5.91 Å². The summed E-state index contributed by atoms with van der Waals surface area (Å²) in [6.07, 6.45) is 1.45. The fourth-order valence-corrected chi connectivity index (χ4v) is 2.93. The van der Waals surface area contributed by atoms with Crippen LogP contribution in [0.2, 0.25) is 0 Å². The minimum Gasteiger partial charge on any atom is -0.352 e. The van der Waals surface area contributed by atoms with Gasteiger partial charge in [-0.05, 0) is 24.1 Å². The van der Waals surface area contributed by atoms with E-state index in [1.165, 1.54) is 0 Å². The molecule has 4 nitrogen and oxygen atoms in total. The van der Waals surface area contributed by atoms with Crippen LogP contribution in [0.1, 0.15) is 29.6 Å². The molecule has 25 heavy (non-hydrogen) atoms. The molecule has 1 atom stereocenters. The van der Waals surface area contributed by atoms with Gasteiger partial charge in [0.15, 0.2) is 5.78 Å². The third-order valence-electron chi connectivity index (χ3n) is 4.32. The van der Waals surface area contributed by atoms with Gasteiger partial charge >= 0.3 is 0 Å². The Morgan fingerprint density at radius 1 is 0.960 bits per heavy atom. The highest BCUT2D eigenvalue weighted by Gasteiger charge is 2.17. The van der Waals surface area contributed by atoms with E-state index >= 15 is 0 Å². The summed E-state index contributed by atoms with van der Waals surface area (Å²) < 4.78 is 0. The minimum absolute atomic E-state index is 0. The predicted molar refractivity (Wildman–Crippen MR) is 102 cm³/mol. The summed E-state index contributed by atoms with van der Waals surface area (Å²) in [7, 11) is 0. The number of carbonyl (C=O) groups is 2. The van der Waals surface area contributed by atoms with Gasteiger partial charge in [-0.3, -0.25) is 9.59 Å². The van der Waals surface area contributed by atoms with Crippen LogP contribution >= 0.6 is 12.4 Å². The Labute approximate surface area is 154 Å². The summed E-state index contributed by atoms with van der Waals surface area (Å²) in [5.74, 6) is -0.0349. The van der Waals surface area contributed by atoms with Crippen molar-refractivity contribution in [1.82, 2.24) is 10.6 Å². The van der Waals surface area contributed by atoms with Gasteiger partial charge in [-0.1, -0.05) is 54.6 Å². The van der Waals surface area contributed by atoms with Crippen molar-refractivity contribution in [3.05, 3.63) is 60.2 Å². The largest absolute Gasteiger partial charge is 0.352 e. The van der Waals surface area contributed by atoms with E-state index in [-0.39, 0.29) is 43.0 Å². The van der Waals surface area contributed by atoms with E-state index in [1.807, 2.05) is 54.6 Å². The van der Waals surface area contributed by atoms with E-state index in [0.29, 0.717) is 5.56 Å². The fourth-order valence-electron chi connectivity index (χ4n) is 2.93. The van der Waals surface area contributed by atoms with Gasteiger partial charge in [0, 0.05) is 31.0 Å². The molecule has 0 spiro atoms. The fraction of sp³-hybridized carbons (Fsp3) is 0.300. The normalized spacial score (nSPS) is 16.1. The van der Waals surface area contributed by atoms with Gasteiger partial charge in [0.1, 0.15) is 0 Å². The van der Waals surface area contributed by atoms with E-state index in [4.69, 9.17) is 0 Å². The molecule has 0 aromatic heterocycles. The quantitative estimate of drug-likeness (QED) is 0.779. The van der Waals surface area contributed by atoms with Gasteiger partial charge < -0.3 is 10.6 Å². The van der Waals surface area contributed by atoms with Crippen molar-refractivity contribution in [2.24, 2.45) is 0 Å². The zero-order valence-electron chi connectivity index (χ0n) is 14.0. The molecule has 0 bridgehead atoms. The molecule has 0 saturated carbocycles. The number of ketones is 1. The molecule has 1 aliphatic heterocycles. The Morgan fingerprint density at radius 2 is 1.64 bits per heavy atom. The third kappa shape index (κ3) is 5.41. The van der Waals surface area contributed by atoms with Crippen molar-refractivity contribution >= 4 is 24.1 Å². The van der Waals surface area contributed by atoms with E-state index in [9.17, 15) is 9.59 Å². The van der Waals surface area contributed by atoms with Crippen molar-refractivity contribution in [1.29, 1.82) is 0 Å². The molecule has 1 amide bonds. The summed E-state index contributed by atoms with van der Waals surface area (Å²) in [6.45, 7) is 1.76. The van der Waals surface area contributed by atoms with Crippen LogP contribution in [0.5, 0.6) is 0 Å². The van der Waals surface area contributed by atoms with Crippen LogP contribution in [0.3, 0.4) is 0 Å². The second-order valence-electron chi connectivity index (χ2n) is 6.12. The first kappa shape index (κ1) is 19.2. The summed E-state index contributed by atoms with van der Waals surface area (Å²) in [5.41, 5.74) is 2.87. The Morgan fingerprint density at radius 3 is 2.28 bits per heavy atom. The van der Waals surface area contributed by atoms with Crippen LogP contribution in [0.4, 0.5) is 0 Å². The lowest BCUT2D eigenvalue weighted by Crippen LogP contribution is -2.36. The number of halogens is 1. The van der Waals surface area contributed by atoms with Gasteiger partial charge in [-0.25, -0.2) is 0 Å². The first-order valence-corrected chi connectivity index (χ1v) is 8.41. The number of Topliss-reactive ketones (excluding diaryl/α,β-unsaturated/α-hetero) is 1. The molecule has 0 radical (unpaired) electrons. The number of benzene rings is 2. The molecule has 1 unspecified atom stereocenters. The number of amides is 1. The molecule has 3 rings (SSSR count). The van der Waals surface area contributed by atoms with Crippen LogP contribution < -0.4 is 10.6 Å². The number of hydrogen-bond acceptors (Lipinski definition) is 3. The van der Waals surface area contributed by atoms with Crippen molar-refractivity contribution in [2.75, 3.05) is 13.1 Å². The third-order valence-corrected chi connectivity index (χ3v) is 4.32. The molecule has 1 heterocycles. The van der Waals surface area contributed by atoms with Gasteiger partial charge in [-0.2, -0.15) is 0 Å². The molecule has 2 aromatic carbocycles. The molecule has 2 aromatic rings. The molecule has 1 fully saturated rings. The average molecular weight is 359 g/mol. The lowest BCUT2D eigenvalue weighted by atomic mass is 10.0. The molecule has 2 N–H and O–H groups in total. The van der Waals surface area contributed by atoms with Crippen LogP contribution in [-0.4, -0.2) is 30.8 Å². The molecule has 0 aliphatic carbocycles. The van der Waals surface area contributed by atoms with Gasteiger partial charge in [0.05, 0.1) is 0 Å². The molecular formula is C20H23ClN2O2. The Hall–Kier alpha value is -2.17. The maximum absolute atomic E-state index is 12.2. The van der Waals surface area contributed by atoms with Crippen LogP contribution in [0.15, 0.2) is 54.6 Å². The van der Waals surface area contributed by atoms with Gasteiger partial charge in [0.25, 0.3) is 0 Å². The van der Waals surface area contributed by atoms with Gasteiger partial charge in [-0.15, -0.1) is 12.4 Å². The highest BCUT2D eigenvalue weighted by Crippen LogP contribution is 2.19. The summed E-state index contributed by atoms with van der Waals surface area (Å²) in [6, 6.07) is 17.8. The average Bonchev–Trinajstić information content (AvgIpc) is 3.13.